The third kappa shape index (κ3) is 4.35. The van der Waals surface area contributed by atoms with Crippen LogP contribution in [-0.4, -0.2) is 5.91 Å². The normalized spacial score (nSPS) is 12.7. The molecule has 0 heterocycles. The summed E-state index contributed by atoms with van der Waals surface area (Å²) in [5, 5.41) is 2.63. The molecule has 0 bridgehead atoms. The number of hydrogen-bond acceptors (Lipinski definition) is 1. The number of benzene rings is 2. The Morgan fingerprint density at radius 3 is 2.18 bits per heavy atom. The van der Waals surface area contributed by atoms with Gasteiger partial charge < -0.3 is 5.32 Å². The minimum atomic E-state index is -4.37. The first-order chi connectivity index (χ1) is 10.4. The van der Waals surface area contributed by atoms with E-state index in [2.05, 4.69) is 5.32 Å². The average molecular weight is 307 g/mol. The van der Waals surface area contributed by atoms with Crippen LogP contribution < -0.4 is 5.32 Å². The minimum Gasteiger partial charge on any atom is -0.326 e. The van der Waals surface area contributed by atoms with E-state index >= 15 is 0 Å². The van der Waals surface area contributed by atoms with Gasteiger partial charge in [0.25, 0.3) is 0 Å². The van der Waals surface area contributed by atoms with Gasteiger partial charge in [-0.2, -0.15) is 13.2 Å². The molecule has 0 fully saturated rings. The Labute approximate surface area is 127 Å². The summed E-state index contributed by atoms with van der Waals surface area (Å²) < 4.78 is 37.4. The number of nitrogens with one attached hydrogen (secondary N) is 1. The number of anilines is 1. The summed E-state index contributed by atoms with van der Waals surface area (Å²) in [6.45, 7) is 1.78. The quantitative estimate of drug-likeness (QED) is 0.884. The molecule has 0 spiro atoms. The van der Waals surface area contributed by atoms with Crippen LogP contribution in [0.15, 0.2) is 54.6 Å². The summed E-state index contributed by atoms with van der Waals surface area (Å²) in [6, 6.07) is 14.0. The van der Waals surface area contributed by atoms with E-state index in [0.717, 1.165) is 17.7 Å². The van der Waals surface area contributed by atoms with E-state index < -0.39 is 11.7 Å². The fourth-order valence-corrected chi connectivity index (χ4v) is 2.07. The number of amides is 1. The van der Waals surface area contributed by atoms with E-state index in [9.17, 15) is 18.0 Å². The minimum absolute atomic E-state index is 0.219. The smallest absolute Gasteiger partial charge is 0.326 e. The van der Waals surface area contributed by atoms with Crippen LogP contribution in [-0.2, 0) is 17.4 Å². The lowest BCUT2D eigenvalue weighted by Gasteiger charge is -2.13. The second kappa shape index (κ2) is 6.64. The van der Waals surface area contributed by atoms with Gasteiger partial charge in [-0.25, -0.2) is 0 Å². The molecule has 116 valence electrons. The molecular formula is C17H16F3NO. The van der Waals surface area contributed by atoms with Crippen molar-refractivity contribution in [2.75, 3.05) is 5.32 Å². The number of carbonyl (C=O) groups is 1. The van der Waals surface area contributed by atoms with Gasteiger partial charge in [0, 0.05) is 11.6 Å². The van der Waals surface area contributed by atoms with Crippen LogP contribution >= 0.6 is 0 Å². The first-order valence-corrected chi connectivity index (χ1v) is 6.88. The van der Waals surface area contributed by atoms with Gasteiger partial charge in [0.05, 0.1) is 5.56 Å². The van der Waals surface area contributed by atoms with Gasteiger partial charge in [0.1, 0.15) is 0 Å². The second-order valence-corrected chi connectivity index (χ2v) is 5.16. The van der Waals surface area contributed by atoms with E-state index in [0.29, 0.717) is 12.1 Å². The highest BCUT2D eigenvalue weighted by atomic mass is 19.4. The first kappa shape index (κ1) is 16.1. The number of halogens is 3. The predicted molar refractivity (Wildman–Crippen MR) is 79.4 cm³/mol. The second-order valence-electron chi connectivity index (χ2n) is 5.16. The largest absolute Gasteiger partial charge is 0.416 e. The van der Waals surface area contributed by atoms with E-state index in [4.69, 9.17) is 0 Å². The van der Waals surface area contributed by atoms with Gasteiger partial charge in [-0.1, -0.05) is 37.3 Å². The van der Waals surface area contributed by atoms with Crippen molar-refractivity contribution in [1.29, 1.82) is 0 Å². The Bertz CT molecular complexity index is 621. The molecule has 0 aliphatic rings. The number of hydrogen-bond donors (Lipinski definition) is 1. The maximum absolute atomic E-state index is 12.5. The van der Waals surface area contributed by atoms with Crippen molar-refractivity contribution in [3.63, 3.8) is 0 Å². The molecule has 0 radical (unpaired) electrons. The highest BCUT2D eigenvalue weighted by Gasteiger charge is 2.30. The van der Waals surface area contributed by atoms with Crippen molar-refractivity contribution >= 4 is 11.6 Å². The summed E-state index contributed by atoms with van der Waals surface area (Å²) in [5.74, 6) is -0.492. The Hall–Kier alpha value is -2.30. The van der Waals surface area contributed by atoms with Crippen molar-refractivity contribution in [3.8, 4) is 0 Å². The number of rotatable bonds is 4. The predicted octanol–water partition coefficient (Wildman–Crippen LogP) is 4.52. The lowest BCUT2D eigenvalue weighted by atomic mass is 10.0. The van der Waals surface area contributed by atoms with Crippen molar-refractivity contribution in [2.24, 2.45) is 5.92 Å². The molecule has 1 N–H and O–H groups in total. The summed E-state index contributed by atoms with van der Waals surface area (Å²) in [7, 11) is 0. The van der Waals surface area contributed by atoms with Gasteiger partial charge in [-0.3, -0.25) is 4.79 Å². The Morgan fingerprint density at radius 1 is 1.05 bits per heavy atom. The molecule has 0 saturated carbocycles. The molecule has 2 nitrogen and oxygen atoms in total. The van der Waals surface area contributed by atoms with Gasteiger partial charge in [-0.15, -0.1) is 0 Å². The fourth-order valence-electron chi connectivity index (χ4n) is 2.07. The molecule has 0 aliphatic heterocycles. The van der Waals surface area contributed by atoms with E-state index in [1.807, 2.05) is 30.3 Å². The maximum Gasteiger partial charge on any atom is 0.416 e. The molecule has 1 unspecified atom stereocenters. The van der Waals surface area contributed by atoms with Gasteiger partial charge in [0.2, 0.25) is 5.91 Å². The zero-order chi connectivity index (χ0) is 16.2. The van der Waals surface area contributed by atoms with Crippen LogP contribution in [0.4, 0.5) is 18.9 Å². The van der Waals surface area contributed by atoms with Crippen LogP contribution in [0.3, 0.4) is 0 Å². The van der Waals surface area contributed by atoms with E-state index in [-0.39, 0.29) is 11.8 Å². The maximum atomic E-state index is 12.5. The summed E-state index contributed by atoms with van der Waals surface area (Å²) >= 11 is 0. The zero-order valence-electron chi connectivity index (χ0n) is 12.0. The molecule has 1 amide bonds. The van der Waals surface area contributed by atoms with Gasteiger partial charge >= 0.3 is 6.18 Å². The standard InChI is InChI=1S/C17H16F3NO/c1-12(11-13-5-3-2-4-6-13)16(22)21-15-9-7-14(8-10-15)17(18,19)20/h2-10,12H,11H2,1H3,(H,21,22). The number of carbonyl (C=O) groups excluding carboxylic acids is 1. The Morgan fingerprint density at radius 2 is 1.64 bits per heavy atom. The van der Waals surface area contributed by atoms with Gasteiger partial charge in [-0.05, 0) is 36.2 Å². The van der Waals surface area contributed by atoms with Crippen LogP contribution in [0, 0.1) is 5.92 Å². The molecule has 1 atom stereocenters. The molecule has 0 aromatic heterocycles. The average Bonchev–Trinajstić information content (AvgIpc) is 2.48. The third-order valence-electron chi connectivity index (χ3n) is 3.31. The Kier molecular flexibility index (Phi) is 4.85. The van der Waals surface area contributed by atoms with Crippen molar-refractivity contribution in [2.45, 2.75) is 19.5 Å². The topological polar surface area (TPSA) is 29.1 Å². The SMILES string of the molecule is CC(Cc1ccccc1)C(=O)Nc1ccc(C(F)(F)F)cc1. The lowest BCUT2D eigenvalue weighted by Crippen LogP contribution is -2.22. The molecule has 2 aromatic rings. The molecule has 0 saturated heterocycles. The Balaban J connectivity index is 1.96. The third-order valence-corrected chi connectivity index (χ3v) is 3.31. The zero-order valence-corrected chi connectivity index (χ0v) is 12.0. The molecule has 2 rings (SSSR count). The first-order valence-electron chi connectivity index (χ1n) is 6.88. The fraction of sp³-hybridized carbons (Fsp3) is 0.235. The van der Waals surface area contributed by atoms with Crippen LogP contribution in [0.1, 0.15) is 18.1 Å². The van der Waals surface area contributed by atoms with E-state index in [1.54, 1.807) is 6.92 Å². The van der Waals surface area contributed by atoms with Crippen LogP contribution in [0.25, 0.3) is 0 Å². The lowest BCUT2D eigenvalue weighted by molar-refractivity contribution is -0.137. The highest BCUT2D eigenvalue weighted by molar-refractivity contribution is 5.92. The number of alkyl halides is 3. The molecular weight excluding hydrogens is 291 g/mol. The van der Waals surface area contributed by atoms with Crippen molar-refractivity contribution in [3.05, 3.63) is 65.7 Å². The highest BCUT2D eigenvalue weighted by Crippen LogP contribution is 2.29. The molecule has 5 heteroatoms. The monoisotopic (exact) mass is 307 g/mol. The summed E-state index contributed by atoms with van der Waals surface area (Å²) in [6.07, 6.45) is -3.80. The molecule has 22 heavy (non-hydrogen) atoms. The molecule has 2 aromatic carbocycles. The van der Waals surface area contributed by atoms with E-state index in [1.165, 1.54) is 12.1 Å². The van der Waals surface area contributed by atoms with Crippen LogP contribution in [0.2, 0.25) is 0 Å². The summed E-state index contributed by atoms with van der Waals surface area (Å²) in [5.41, 5.74) is 0.665. The summed E-state index contributed by atoms with van der Waals surface area (Å²) in [4.78, 5) is 12.1. The molecule has 0 aliphatic carbocycles. The van der Waals surface area contributed by atoms with Crippen molar-refractivity contribution in [1.82, 2.24) is 0 Å². The van der Waals surface area contributed by atoms with Crippen molar-refractivity contribution < 1.29 is 18.0 Å². The van der Waals surface area contributed by atoms with Crippen LogP contribution in [0.5, 0.6) is 0 Å². The van der Waals surface area contributed by atoms with Gasteiger partial charge in [0.15, 0.2) is 0 Å².